The fraction of sp³-hybridized carbons (Fsp3) is 0.400. The SMILES string of the molecule is [2H][13C]([2H])([2H])CCC(O)c1ccc(O)c(O)c1. The minimum Gasteiger partial charge on any atom is -0.504 e. The molecule has 0 aromatic heterocycles. The van der Waals surface area contributed by atoms with Crippen molar-refractivity contribution in [3.63, 3.8) is 0 Å². The summed E-state index contributed by atoms with van der Waals surface area (Å²) in [6.07, 6.45) is -0.969. The first-order valence-corrected chi connectivity index (χ1v) is 3.99. The Kier molecular flexibility index (Phi) is 2.00. The largest absolute Gasteiger partial charge is 0.504 e. The van der Waals surface area contributed by atoms with Gasteiger partial charge in [-0.25, -0.2) is 0 Å². The second-order valence-electron chi connectivity index (χ2n) is 2.80. The molecule has 1 aromatic rings. The molecule has 0 aliphatic rings. The van der Waals surface area contributed by atoms with Crippen LogP contribution in [0.15, 0.2) is 18.2 Å². The average molecular weight is 186 g/mol. The van der Waals surface area contributed by atoms with Crippen LogP contribution < -0.4 is 0 Å². The number of benzene rings is 1. The quantitative estimate of drug-likeness (QED) is 0.499. The van der Waals surface area contributed by atoms with E-state index in [9.17, 15) is 10.2 Å². The highest BCUT2D eigenvalue weighted by Gasteiger charge is 2.08. The van der Waals surface area contributed by atoms with Gasteiger partial charge in [-0.3, -0.25) is 0 Å². The minimum absolute atomic E-state index is 0.0840. The number of phenols is 2. The van der Waals surface area contributed by atoms with Gasteiger partial charge in [0.2, 0.25) is 0 Å². The summed E-state index contributed by atoms with van der Waals surface area (Å²) in [6, 6.07) is 3.92. The highest BCUT2D eigenvalue weighted by atomic mass is 16.3. The Labute approximate surface area is 81.5 Å². The second-order valence-corrected chi connectivity index (χ2v) is 2.80. The van der Waals surface area contributed by atoms with Gasteiger partial charge in [0.25, 0.3) is 0 Å². The molecule has 1 aromatic carbocycles. The summed E-state index contributed by atoms with van der Waals surface area (Å²) >= 11 is 0. The van der Waals surface area contributed by atoms with E-state index in [2.05, 4.69) is 0 Å². The lowest BCUT2D eigenvalue weighted by atomic mass is 10.1. The molecule has 0 spiro atoms. The van der Waals surface area contributed by atoms with E-state index in [1.165, 1.54) is 18.2 Å². The van der Waals surface area contributed by atoms with E-state index in [4.69, 9.17) is 9.22 Å². The van der Waals surface area contributed by atoms with Crippen LogP contribution in [-0.2, 0) is 0 Å². The van der Waals surface area contributed by atoms with Gasteiger partial charge in [-0.1, -0.05) is 19.3 Å². The molecule has 0 amide bonds. The number of hydrogen-bond acceptors (Lipinski definition) is 3. The van der Waals surface area contributed by atoms with Crippen molar-refractivity contribution in [2.45, 2.75) is 25.8 Å². The maximum absolute atomic E-state index is 9.66. The highest BCUT2D eigenvalue weighted by molar-refractivity contribution is 5.41. The zero-order valence-corrected chi connectivity index (χ0v) is 7.07. The van der Waals surface area contributed by atoms with Gasteiger partial charge < -0.3 is 15.3 Å². The van der Waals surface area contributed by atoms with E-state index in [0.29, 0.717) is 5.56 Å². The monoisotopic (exact) mass is 186 g/mol. The zero-order valence-electron chi connectivity index (χ0n) is 10.1. The Morgan fingerprint density at radius 1 is 1.38 bits per heavy atom. The number of aliphatic hydroxyl groups is 1. The fourth-order valence-electron chi connectivity index (χ4n) is 1.05. The molecule has 1 rings (SSSR count). The van der Waals surface area contributed by atoms with Crippen LogP contribution in [-0.4, -0.2) is 15.3 Å². The van der Waals surface area contributed by atoms with Crippen LogP contribution in [0, 0.1) is 0 Å². The van der Waals surface area contributed by atoms with Gasteiger partial charge in [0.15, 0.2) is 11.5 Å². The Morgan fingerprint density at radius 2 is 2.15 bits per heavy atom. The topological polar surface area (TPSA) is 60.7 Å². The number of phenolic OH excluding ortho intramolecular Hbond substituents is 2. The van der Waals surface area contributed by atoms with Crippen LogP contribution in [0.5, 0.6) is 11.5 Å². The molecule has 3 nitrogen and oxygen atoms in total. The third-order valence-corrected chi connectivity index (χ3v) is 1.80. The minimum atomic E-state index is -2.07. The molecule has 3 heteroatoms. The van der Waals surface area contributed by atoms with Crippen LogP contribution in [0.1, 0.15) is 35.5 Å². The Balaban J connectivity index is 2.66. The maximum Gasteiger partial charge on any atom is 0.157 e. The Morgan fingerprint density at radius 3 is 2.77 bits per heavy atom. The van der Waals surface area contributed by atoms with Gasteiger partial charge >= 0.3 is 0 Å². The maximum atomic E-state index is 9.66. The molecule has 0 aliphatic carbocycles. The highest BCUT2D eigenvalue weighted by Crippen LogP contribution is 2.29. The van der Waals surface area contributed by atoms with Gasteiger partial charge in [0, 0.05) is 4.11 Å². The zero-order chi connectivity index (χ0) is 12.3. The van der Waals surface area contributed by atoms with Crippen molar-refractivity contribution in [1.82, 2.24) is 0 Å². The molecule has 0 fully saturated rings. The average Bonchev–Trinajstić information content (AvgIpc) is 2.17. The predicted molar refractivity (Wildman–Crippen MR) is 49.6 cm³/mol. The van der Waals surface area contributed by atoms with Gasteiger partial charge in [-0.15, -0.1) is 0 Å². The number of hydrogen-bond donors (Lipinski definition) is 3. The van der Waals surface area contributed by atoms with Crippen molar-refractivity contribution in [3.8, 4) is 11.5 Å². The van der Waals surface area contributed by atoms with Crippen molar-refractivity contribution >= 4 is 0 Å². The van der Waals surface area contributed by atoms with E-state index in [-0.39, 0.29) is 24.3 Å². The van der Waals surface area contributed by atoms with E-state index in [1.807, 2.05) is 0 Å². The van der Waals surface area contributed by atoms with Gasteiger partial charge in [0.1, 0.15) is 0 Å². The lowest BCUT2D eigenvalue weighted by molar-refractivity contribution is 0.166. The molecule has 0 aliphatic heterocycles. The summed E-state index contributed by atoms with van der Waals surface area (Å²) in [4.78, 5) is 0. The second kappa shape index (κ2) is 4.14. The molecular weight excluding hydrogens is 169 g/mol. The number of aromatic hydroxyl groups is 2. The first-order chi connectivity index (χ1) is 7.29. The van der Waals surface area contributed by atoms with Crippen LogP contribution in [0.25, 0.3) is 0 Å². The molecule has 0 heterocycles. The third kappa shape index (κ3) is 2.36. The summed E-state index contributed by atoms with van der Waals surface area (Å²) in [7, 11) is 0. The summed E-state index contributed by atoms with van der Waals surface area (Å²) in [5, 5.41) is 27.9. The predicted octanol–water partition coefficient (Wildman–Crippen LogP) is 1.93. The van der Waals surface area contributed by atoms with Crippen molar-refractivity contribution in [2.24, 2.45) is 0 Å². The molecule has 13 heavy (non-hydrogen) atoms. The standard InChI is InChI=1S/C10H14O3/c1-2-3-8(11)7-4-5-9(12)10(13)6-7/h4-6,8,11-13H,2-3H2,1H3/i1+1D3. The molecule has 72 valence electrons. The first-order valence-electron chi connectivity index (χ1n) is 5.49. The van der Waals surface area contributed by atoms with E-state index >= 15 is 0 Å². The first kappa shape index (κ1) is 6.27. The Bertz CT molecular complexity index is 363. The summed E-state index contributed by atoms with van der Waals surface area (Å²) in [6.45, 7) is -2.07. The molecule has 3 N–H and O–H groups in total. The molecule has 0 saturated carbocycles. The van der Waals surface area contributed by atoms with Crippen molar-refractivity contribution < 1.29 is 19.4 Å². The molecule has 0 saturated heterocycles. The molecule has 0 bridgehead atoms. The lowest BCUT2D eigenvalue weighted by Crippen LogP contribution is -1.95. The van der Waals surface area contributed by atoms with Crippen molar-refractivity contribution in [1.29, 1.82) is 0 Å². The molecular formula is C10H14O3. The van der Waals surface area contributed by atoms with Gasteiger partial charge in [-0.2, -0.15) is 0 Å². The van der Waals surface area contributed by atoms with E-state index in [1.54, 1.807) is 0 Å². The van der Waals surface area contributed by atoms with Crippen molar-refractivity contribution in [3.05, 3.63) is 23.8 Å². The van der Waals surface area contributed by atoms with Crippen molar-refractivity contribution in [2.75, 3.05) is 0 Å². The van der Waals surface area contributed by atoms with Crippen LogP contribution in [0.3, 0.4) is 0 Å². The molecule has 1 unspecified atom stereocenters. The number of rotatable bonds is 3. The van der Waals surface area contributed by atoms with Crippen LogP contribution >= 0.6 is 0 Å². The summed E-state index contributed by atoms with van der Waals surface area (Å²) < 4.78 is 21.0. The lowest BCUT2D eigenvalue weighted by Gasteiger charge is -2.09. The summed E-state index contributed by atoms with van der Waals surface area (Å²) in [5.41, 5.74) is 0.388. The normalized spacial score (nSPS) is 17.2. The summed E-state index contributed by atoms with van der Waals surface area (Å²) in [5.74, 6) is -0.600. The molecule has 0 radical (unpaired) electrons. The number of aliphatic hydroxyl groups excluding tert-OH is 1. The van der Waals surface area contributed by atoms with Crippen LogP contribution in [0.2, 0.25) is 0 Å². The molecule has 1 atom stereocenters. The third-order valence-electron chi connectivity index (χ3n) is 1.80. The van der Waals surface area contributed by atoms with Gasteiger partial charge in [0.05, 0.1) is 6.10 Å². The smallest absolute Gasteiger partial charge is 0.157 e. The van der Waals surface area contributed by atoms with E-state index < -0.39 is 13.0 Å². The Hall–Kier alpha value is -1.22. The van der Waals surface area contributed by atoms with Crippen LogP contribution in [0.4, 0.5) is 0 Å². The fourth-order valence-corrected chi connectivity index (χ4v) is 1.05. The van der Waals surface area contributed by atoms with E-state index in [0.717, 1.165) is 0 Å². The van der Waals surface area contributed by atoms with Gasteiger partial charge in [-0.05, 0) is 24.1 Å².